The average molecular weight is 455 g/mol. The van der Waals surface area contributed by atoms with Gasteiger partial charge in [0, 0.05) is 17.3 Å². The van der Waals surface area contributed by atoms with Crippen molar-refractivity contribution in [3.05, 3.63) is 64.7 Å². The zero-order valence-electron chi connectivity index (χ0n) is 17.1. The van der Waals surface area contributed by atoms with Crippen LogP contribution in [-0.4, -0.2) is 36.1 Å². The summed E-state index contributed by atoms with van der Waals surface area (Å²) in [7, 11) is -3.30. The maximum atomic E-state index is 13.1. The van der Waals surface area contributed by atoms with Crippen molar-refractivity contribution >= 4 is 42.2 Å². The summed E-state index contributed by atoms with van der Waals surface area (Å²) in [6, 6.07) is 15.6. The van der Waals surface area contributed by atoms with Crippen LogP contribution in [0, 0.1) is 6.92 Å². The van der Waals surface area contributed by atoms with Gasteiger partial charge >= 0.3 is 7.60 Å². The van der Waals surface area contributed by atoms with Gasteiger partial charge in [0.2, 0.25) is 0 Å². The first kappa shape index (κ1) is 23.8. The zero-order valence-corrected chi connectivity index (χ0v) is 19.5. The molecule has 1 N–H and O–H groups in total. The summed E-state index contributed by atoms with van der Waals surface area (Å²) in [6.07, 6.45) is 0.797. The number of nitrogens with zero attached hydrogens (tertiary/aromatic N) is 1. The van der Waals surface area contributed by atoms with E-state index in [0.717, 1.165) is 16.8 Å². The van der Waals surface area contributed by atoms with Gasteiger partial charge < -0.3 is 19.3 Å². The van der Waals surface area contributed by atoms with E-state index in [-0.39, 0.29) is 6.29 Å². The molecule has 29 heavy (non-hydrogen) atoms. The van der Waals surface area contributed by atoms with Crippen molar-refractivity contribution in [1.29, 1.82) is 0 Å². The van der Waals surface area contributed by atoms with Crippen molar-refractivity contribution in [3.63, 3.8) is 0 Å². The molecule has 0 atom stereocenters. The van der Waals surface area contributed by atoms with Crippen molar-refractivity contribution in [3.8, 4) is 0 Å². The van der Waals surface area contributed by atoms with Gasteiger partial charge in [-0.25, -0.2) is 0 Å². The first-order chi connectivity index (χ1) is 13.8. The Hall–Kier alpha value is -1.43. The Morgan fingerprint density at radius 2 is 1.79 bits per heavy atom. The summed E-state index contributed by atoms with van der Waals surface area (Å²) in [5.74, 6) is 0. The molecule has 0 heterocycles. The number of aryl methyl sites for hydroxylation is 1. The maximum Gasteiger partial charge on any atom is 0.349 e. The molecule has 0 aromatic heterocycles. The molecular formula is C21H28ClN2O3PS. The topological polar surface area (TPSA) is 50.8 Å². The van der Waals surface area contributed by atoms with E-state index >= 15 is 0 Å². The van der Waals surface area contributed by atoms with Gasteiger partial charge in [0.1, 0.15) is 6.29 Å². The van der Waals surface area contributed by atoms with Crippen LogP contribution in [0.25, 0.3) is 0 Å². The standard InChI is InChI=1S/C21H28ClN2O3PS/c1-4-26-28(25,27-5-2)16-24(14-13-18-9-11-19(22)12-10-18)21(29)23-20-8-6-7-17(3)15-20/h6-12,15H,4-5,13-14,16H2,1-3H3,(H,23,29). The third-order valence-electron chi connectivity index (χ3n) is 4.14. The fraction of sp³-hybridized carbons (Fsp3) is 0.381. The lowest BCUT2D eigenvalue weighted by Gasteiger charge is -2.29. The first-order valence-electron chi connectivity index (χ1n) is 9.60. The van der Waals surface area contributed by atoms with Gasteiger partial charge in [-0.05, 0) is 74.8 Å². The molecule has 2 aromatic rings. The number of hydrogen-bond acceptors (Lipinski definition) is 4. The van der Waals surface area contributed by atoms with E-state index in [1.165, 1.54) is 0 Å². The average Bonchev–Trinajstić information content (AvgIpc) is 2.67. The Kier molecular flexibility index (Phi) is 9.60. The van der Waals surface area contributed by atoms with Crippen molar-refractivity contribution in [2.45, 2.75) is 27.2 Å². The van der Waals surface area contributed by atoms with Gasteiger partial charge in [0.05, 0.1) is 13.2 Å². The van der Waals surface area contributed by atoms with E-state index in [1.807, 2.05) is 60.4 Å². The number of halogens is 1. The van der Waals surface area contributed by atoms with Crippen molar-refractivity contribution in [2.75, 3.05) is 31.4 Å². The molecule has 0 bridgehead atoms. The van der Waals surface area contributed by atoms with Crippen LogP contribution in [0.2, 0.25) is 5.02 Å². The van der Waals surface area contributed by atoms with Crippen LogP contribution in [0.1, 0.15) is 25.0 Å². The van der Waals surface area contributed by atoms with Crippen LogP contribution in [0.4, 0.5) is 5.69 Å². The Morgan fingerprint density at radius 1 is 1.14 bits per heavy atom. The minimum absolute atomic E-state index is 0.0833. The van der Waals surface area contributed by atoms with E-state index in [4.69, 9.17) is 32.9 Å². The van der Waals surface area contributed by atoms with E-state index in [0.29, 0.717) is 36.3 Å². The smallest absolute Gasteiger partial charge is 0.337 e. The summed E-state index contributed by atoms with van der Waals surface area (Å²) in [6.45, 7) is 6.79. The van der Waals surface area contributed by atoms with Crippen molar-refractivity contribution < 1.29 is 13.6 Å². The van der Waals surface area contributed by atoms with E-state index in [1.54, 1.807) is 13.8 Å². The lowest BCUT2D eigenvalue weighted by atomic mass is 10.1. The minimum atomic E-state index is -3.30. The highest BCUT2D eigenvalue weighted by Crippen LogP contribution is 2.48. The Balaban J connectivity index is 2.16. The van der Waals surface area contributed by atoms with Gasteiger partial charge in [-0.3, -0.25) is 4.57 Å². The Bertz CT molecular complexity index is 838. The molecule has 0 amide bonds. The zero-order chi connectivity index (χ0) is 21.3. The molecule has 0 aliphatic carbocycles. The Morgan fingerprint density at radius 3 is 2.38 bits per heavy atom. The number of nitrogens with one attached hydrogen (secondary N) is 1. The first-order valence-corrected chi connectivity index (χ1v) is 12.1. The monoisotopic (exact) mass is 454 g/mol. The number of thiocarbonyl (C=S) groups is 1. The third kappa shape index (κ3) is 8.07. The quantitative estimate of drug-likeness (QED) is 0.345. The minimum Gasteiger partial charge on any atom is -0.337 e. The number of hydrogen-bond donors (Lipinski definition) is 1. The fourth-order valence-electron chi connectivity index (χ4n) is 2.80. The van der Waals surface area contributed by atoms with Gasteiger partial charge in [0.15, 0.2) is 5.11 Å². The van der Waals surface area contributed by atoms with Crippen LogP contribution in [0.15, 0.2) is 48.5 Å². The van der Waals surface area contributed by atoms with E-state index in [2.05, 4.69) is 5.32 Å². The molecule has 0 radical (unpaired) electrons. The molecule has 0 aliphatic heterocycles. The maximum absolute atomic E-state index is 13.1. The molecule has 0 fully saturated rings. The molecule has 2 rings (SSSR count). The number of benzene rings is 2. The molecule has 0 spiro atoms. The molecule has 0 unspecified atom stereocenters. The van der Waals surface area contributed by atoms with E-state index < -0.39 is 7.60 Å². The highest BCUT2D eigenvalue weighted by molar-refractivity contribution is 7.80. The second-order valence-corrected chi connectivity index (χ2v) is 9.37. The molecule has 158 valence electrons. The molecule has 5 nitrogen and oxygen atoms in total. The molecular weight excluding hydrogens is 427 g/mol. The van der Waals surface area contributed by atoms with Crippen molar-refractivity contribution in [1.82, 2.24) is 4.90 Å². The van der Waals surface area contributed by atoms with Crippen molar-refractivity contribution in [2.24, 2.45) is 0 Å². The predicted molar refractivity (Wildman–Crippen MR) is 125 cm³/mol. The summed E-state index contributed by atoms with van der Waals surface area (Å²) in [4.78, 5) is 1.85. The van der Waals surface area contributed by atoms with Gasteiger partial charge in [-0.15, -0.1) is 0 Å². The summed E-state index contributed by atoms with van der Waals surface area (Å²) in [5, 5.41) is 4.41. The SMILES string of the molecule is CCOP(=O)(CN(CCc1ccc(Cl)cc1)C(=S)Nc1cccc(C)c1)OCC. The van der Waals surface area contributed by atoms with Crippen LogP contribution < -0.4 is 5.32 Å². The molecule has 0 saturated heterocycles. The van der Waals surface area contributed by atoms with Crippen LogP contribution in [0.5, 0.6) is 0 Å². The molecule has 2 aromatic carbocycles. The highest BCUT2D eigenvalue weighted by atomic mass is 35.5. The predicted octanol–water partition coefficient (Wildman–Crippen LogP) is 6.11. The van der Waals surface area contributed by atoms with Gasteiger partial charge in [-0.1, -0.05) is 35.9 Å². The van der Waals surface area contributed by atoms with Gasteiger partial charge in [0.25, 0.3) is 0 Å². The lowest BCUT2D eigenvalue weighted by Crippen LogP contribution is -2.37. The summed E-state index contributed by atoms with van der Waals surface area (Å²) in [5.41, 5.74) is 3.12. The number of anilines is 1. The summed E-state index contributed by atoms with van der Waals surface area (Å²) < 4.78 is 24.0. The largest absolute Gasteiger partial charge is 0.349 e. The molecule has 0 aliphatic rings. The third-order valence-corrected chi connectivity index (χ3v) is 6.74. The van der Waals surface area contributed by atoms with Crippen LogP contribution in [-0.2, 0) is 20.0 Å². The fourth-order valence-corrected chi connectivity index (χ4v) is 5.02. The summed E-state index contributed by atoms with van der Waals surface area (Å²) >= 11 is 11.6. The van der Waals surface area contributed by atoms with Gasteiger partial charge in [-0.2, -0.15) is 0 Å². The lowest BCUT2D eigenvalue weighted by molar-refractivity contribution is 0.210. The van der Waals surface area contributed by atoms with Crippen LogP contribution in [0.3, 0.4) is 0 Å². The Labute approximate surface area is 183 Å². The normalized spacial score (nSPS) is 11.3. The number of rotatable bonds is 10. The molecule has 8 heteroatoms. The molecule has 0 saturated carbocycles. The van der Waals surface area contributed by atoms with Crippen LogP contribution >= 0.6 is 31.4 Å². The second-order valence-electron chi connectivity index (χ2n) is 6.53. The second kappa shape index (κ2) is 11.7. The van der Waals surface area contributed by atoms with E-state index in [9.17, 15) is 4.57 Å². The highest BCUT2D eigenvalue weighted by Gasteiger charge is 2.28.